The van der Waals surface area contributed by atoms with Gasteiger partial charge in [0.1, 0.15) is 52.4 Å². The predicted octanol–water partition coefficient (Wildman–Crippen LogP) is 20.7. The molecule has 0 spiro atoms. The minimum absolute atomic E-state index is 0.0198. The minimum atomic E-state index is -0.271. The van der Waals surface area contributed by atoms with E-state index in [-0.39, 0.29) is 72.0 Å². The van der Waals surface area contributed by atoms with E-state index in [2.05, 4.69) is 140 Å². The van der Waals surface area contributed by atoms with Crippen LogP contribution in [0.4, 0.5) is 32.1 Å². The van der Waals surface area contributed by atoms with Gasteiger partial charge in [-0.2, -0.15) is 0 Å². The molecule has 16 aromatic rings. The van der Waals surface area contributed by atoms with E-state index in [9.17, 15) is 28.0 Å². The van der Waals surface area contributed by atoms with E-state index in [0.717, 1.165) is 107 Å². The summed E-state index contributed by atoms with van der Waals surface area (Å²) in [7, 11) is 7.87. The maximum atomic E-state index is 14.5. The lowest BCUT2D eigenvalue weighted by Crippen LogP contribution is -2.30. The van der Waals surface area contributed by atoms with Gasteiger partial charge in [0.25, 0.3) is 0 Å². The molecule has 2 atom stereocenters. The van der Waals surface area contributed by atoms with Crippen LogP contribution in [0, 0.1) is 18.6 Å². The summed E-state index contributed by atoms with van der Waals surface area (Å²) in [4.78, 5) is 114. The van der Waals surface area contributed by atoms with Crippen LogP contribution in [-0.2, 0) is 86.1 Å². The molecule has 133 heavy (non-hydrogen) atoms. The summed E-state index contributed by atoms with van der Waals surface area (Å²) in [5, 5.41) is 0. The van der Waals surface area contributed by atoms with Crippen LogP contribution in [0.25, 0.3) is 91.0 Å². The molecule has 8 aromatic carbocycles. The van der Waals surface area contributed by atoms with Gasteiger partial charge in [-0.05, 0) is 90.0 Å². The van der Waals surface area contributed by atoms with Gasteiger partial charge in [0.2, 0.25) is 23.6 Å². The average Bonchev–Trinajstić information content (AvgIpc) is 1.64. The number of rotatable bonds is 20. The molecule has 4 aliphatic heterocycles. The Morgan fingerprint density at radius 2 is 0.707 bits per heavy atom. The Morgan fingerprint density at radius 3 is 1.08 bits per heavy atom. The zero-order valence-electron chi connectivity index (χ0n) is 77.2. The van der Waals surface area contributed by atoms with E-state index in [4.69, 9.17) is 19.9 Å². The second-order valence-corrected chi connectivity index (χ2v) is 35.5. The predicted molar refractivity (Wildman–Crippen MR) is 514 cm³/mol. The number of amides is 4. The molecule has 670 valence electrons. The fourth-order valence-electron chi connectivity index (χ4n) is 17.9. The number of carbonyl (C=O) groups is 4. The summed E-state index contributed by atoms with van der Waals surface area (Å²) in [6.07, 6.45) is 21.4. The van der Waals surface area contributed by atoms with Gasteiger partial charge in [-0.1, -0.05) is 225 Å². The Morgan fingerprint density at radius 1 is 0.346 bits per heavy atom. The van der Waals surface area contributed by atoms with Gasteiger partial charge in [-0.25, -0.2) is 68.6 Å². The van der Waals surface area contributed by atoms with Gasteiger partial charge in [0.15, 0.2) is 23.3 Å². The highest BCUT2D eigenvalue weighted by Crippen LogP contribution is 2.43. The number of halogens is 2. The number of nitrogens with zero attached hydrogens (tertiary/aromatic N) is 20. The molecule has 0 fully saturated rings. The van der Waals surface area contributed by atoms with Crippen molar-refractivity contribution in [3.8, 4) is 91.0 Å². The first-order valence-electron chi connectivity index (χ1n) is 44.9. The third-order valence-electron chi connectivity index (χ3n) is 24.8. The Balaban J connectivity index is 0.000000124. The van der Waals surface area contributed by atoms with Crippen LogP contribution in [0.5, 0.6) is 0 Å². The van der Waals surface area contributed by atoms with Gasteiger partial charge in [-0.15, -0.1) is 0 Å². The average molecular weight is 1770 g/mol. The third kappa shape index (κ3) is 18.5. The standard InChI is InChI=1S/C27H26FN5O.2C27H27N5O.C26H24FN5O/c1-16(2)24-21(6-5-7-22(24)28)25-29-13-20-12-23(34)33(27(20)31-25)15-18-8-10-19(11-9-18)26-30-17(3)14-32(26)4;2*1-17(2)22-7-5-6-8-23(22)25-29-16-21-15-24(33)32(27(21)30-25)18(3)19-9-11-20(12-10-19)26-28-13-14-31(26)4;1-16(2)24-20(5-4-6-21(24)27)25-28-12-19-11-23(33)32(26(19)30-25)13-17-7-9-18(10-8-17)22-14-31(3)15-29-22/h5-11,13-14,16H,12,15H2,1-4H3;2*5-14,16-18H,15H2,1-4H3;4-10,12,14-16H,11,13H2,1-3H3/t;2*18-;/m.10./s1. The van der Waals surface area contributed by atoms with Gasteiger partial charge in [0.05, 0.1) is 68.6 Å². The molecule has 0 radical (unpaired) electrons. The summed E-state index contributed by atoms with van der Waals surface area (Å²) in [6.45, 7) is 23.3. The number of carbonyl (C=O) groups excluding carboxylic acids is 4. The van der Waals surface area contributed by atoms with E-state index in [0.29, 0.717) is 107 Å². The first kappa shape index (κ1) is 89.6. The summed E-state index contributed by atoms with van der Waals surface area (Å²) < 4.78 is 37.0. The highest BCUT2D eigenvalue weighted by atomic mass is 19.1. The van der Waals surface area contributed by atoms with Crippen LogP contribution in [0.3, 0.4) is 0 Å². The minimum Gasteiger partial charge on any atom is -0.340 e. The first-order valence-corrected chi connectivity index (χ1v) is 44.9. The summed E-state index contributed by atoms with van der Waals surface area (Å²) in [5.41, 5.74) is 20.3. The Bertz CT molecular complexity index is 6850. The van der Waals surface area contributed by atoms with E-state index in [1.54, 1.807) is 53.0 Å². The highest BCUT2D eigenvalue weighted by Gasteiger charge is 2.38. The van der Waals surface area contributed by atoms with E-state index in [1.807, 2.05) is 227 Å². The lowest BCUT2D eigenvalue weighted by atomic mass is 9.96. The lowest BCUT2D eigenvalue weighted by molar-refractivity contribution is -0.118. The largest absolute Gasteiger partial charge is 0.340 e. The summed E-state index contributed by atoms with van der Waals surface area (Å²) in [5.74, 6) is 7.72. The van der Waals surface area contributed by atoms with Crippen LogP contribution < -0.4 is 19.6 Å². The molecule has 0 saturated heterocycles. The second-order valence-electron chi connectivity index (χ2n) is 35.5. The highest BCUT2D eigenvalue weighted by molar-refractivity contribution is 6.03. The number of aromatic nitrogens is 16. The normalized spacial score (nSPS) is 13.6. The molecular weight excluding hydrogens is 1670 g/mol. The summed E-state index contributed by atoms with van der Waals surface area (Å²) in [6, 6.07) is 58.6. The van der Waals surface area contributed by atoms with Crippen molar-refractivity contribution in [2.75, 3.05) is 19.6 Å². The van der Waals surface area contributed by atoms with E-state index in [1.165, 1.54) is 23.3 Å². The van der Waals surface area contributed by atoms with Crippen molar-refractivity contribution in [2.24, 2.45) is 28.2 Å². The zero-order valence-corrected chi connectivity index (χ0v) is 77.2. The van der Waals surface area contributed by atoms with Gasteiger partial charge < -0.3 is 18.3 Å². The molecule has 0 bridgehead atoms. The zero-order chi connectivity index (χ0) is 93.3. The molecule has 0 unspecified atom stereocenters. The Hall–Kier alpha value is -15.3. The molecule has 24 nitrogen and oxygen atoms in total. The number of benzene rings is 8. The fraction of sp³-hybridized carbons (Fsp3) is 0.252. The van der Waals surface area contributed by atoms with E-state index < -0.39 is 0 Å². The van der Waals surface area contributed by atoms with Crippen molar-refractivity contribution in [3.63, 3.8) is 0 Å². The number of aryl methyl sites for hydroxylation is 5. The van der Waals surface area contributed by atoms with Crippen molar-refractivity contribution >= 4 is 46.9 Å². The van der Waals surface area contributed by atoms with Crippen molar-refractivity contribution in [1.29, 1.82) is 0 Å². The maximum absolute atomic E-state index is 14.5. The number of anilines is 4. The van der Waals surface area contributed by atoms with Gasteiger partial charge in [-0.3, -0.25) is 38.8 Å². The van der Waals surface area contributed by atoms with Crippen molar-refractivity contribution in [1.82, 2.24) is 78.1 Å². The molecule has 26 heteroatoms. The maximum Gasteiger partial charge on any atom is 0.233 e. The van der Waals surface area contributed by atoms with E-state index >= 15 is 0 Å². The lowest BCUT2D eigenvalue weighted by Gasteiger charge is -2.25. The Labute approximate surface area is 772 Å². The molecule has 0 saturated carbocycles. The molecule has 0 N–H and O–H groups in total. The van der Waals surface area contributed by atoms with Crippen molar-refractivity contribution in [3.05, 3.63) is 334 Å². The SMILES string of the molecule is CC(C)c1c(F)cccc1-c1ncc2c(n1)N(Cc1ccc(-c3cn(C)cn3)cc1)C(=O)C2.CC(C)c1ccccc1-c1ncc2c(n1)N([C@@H](C)c1ccc(-c3nccn3C)cc1)C(=O)C2.CC(C)c1ccccc1-c1ncc2c(n1)N([C@H](C)c1ccc(-c3nccn3C)cc1)C(=O)C2.Cc1cn(C)c(-c2ccc(CN3C(=O)Cc4cnc(-c5cccc(F)c5C(C)C)nc43)cc2)n1. The molecule has 20 rings (SSSR count). The summed E-state index contributed by atoms with van der Waals surface area (Å²) >= 11 is 0. The molecule has 8 aromatic heterocycles. The van der Waals surface area contributed by atoms with Crippen molar-refractivity contribution in [2.45, 2.75) is 151 Å². The number of hydrogen-bond acceptors (Lipinski definition) is 16. The third-order valence-corrected chi connectivity index (χ3v) is 24.8. The molecule has 4 aliphatic rings. The van der Waals surface area contributed by atoms with Crippen LogP contribution in [0.15, 0.2) is 250 Å². The van der Waals surface area contributed by atoms with Crippen LogP contribution in [0.1, 0.15) is 177 Å². The van der Waals surface area contributed by atoms with Crippen molar-refractivity contribution < 1.29 is 28.0 Å². The van der Waals surface area contributed by atoms with Crippen LogP contribution in [0.2, 0.25) is 0 Å². The van der Waals surface area contributed by atoms with Gasteiger partial charge in [0, 0.05) is 168 Å². The second kappa shape index (κ2) is 38.0. The van der Waals surface area contributed by atoms with Crippen LogP contribution in [-0.4, -0.2) is 102 Å². The first-order chi connectivity index (χ1) is 64.1. The quantitative estimate of drug-likeness (QED) is 0.0687. The number of hydrogen-bond donors (Lipinski definition) is 0. The molecule has 4 amide bonds. The molecule has 12 heterocycles. The number of fused-ring (bicyclic) bond motifs is 4. The molecule has 0 aliphatic carbocycles. The fourth-order valence-corrected chi connectivity index (χ4v) is 17.9. The monoisotopic (exact) mass is 1770 g/mol. The van der Waals surface area contributed by atoms with Gasteiger partial charge >= 0.3 is 0 Å². The smallest absolute Gasteiger partial charge is 0.233 e. The topological polar surface area (TPSA) is 256 Å². The molecular formula is C107H104F2N20O4. The number of imidazole rings is 4. The van der Waals surface area contributed by atoms with Crippen LogP contribution >= 0.6 is 0 Å². The Kier molecular flexibility index (Phi) is 25.6.